The number of benzene rings is 1. The first-order valence-electron chi connectivity index (χ1n) is 13.8. The van der Waals surface area contributed by atoms with E-state index in [1.54, 1.807) is 23.2 Å². The Hall–Kier alpha value is -4.73. The van der Waals surface area contributed by atoms with Gasteiger partial charge in [0.15, 0.2) is 5.65 Å². The van der Waals surface area contributed by atoms with Crippen LogP contribution in [0.1, 0.15) is 36.6 Å². The van der Waals surface area contributed by atoms with Gasteiger partial charge in [-0.2, -0.15) is 4.98 Å². The Morgan fingerprint density at radius 1 is 1.24 bits per heavy atom. The summed E-state index contributed by atoms with van der Waals surface area (Å²) in [5.41, 5.74) is 4.13. The summed E-state index contributed by atoms with van der Waals surface area (Å²) < 4.78 is 7.73. The molecule has 6 rings (SSSR count). The minimum atomic E-state index is -0.497. The van der Waals surface area contributed by atoms with Gasteiger partial charge in [-0.3, -0.25) is 9.78 Å². The number of carbonyl (C=O) groups excluding carboxylic acids is 1. The third-order valence-corrected chi connectivity index (χ3v) is 7.76. The van der Waals surface area contributed by atoms with E-state index < -0.39 is 5.69 Å². The van der Waals surface area contributed by atoms with E-state index in [0.29, 0.717) is 72.2 Å². The minimum absolute atomic E-state index is 0.0350. The van der Waals surface area contributed by atoms with Crippen molar-refractivity contribution in [2.75, 3.05) is 31.6 Å². The molecule has 5 heterocycles. The second-order valence-electron chi connectivity index (χ2n) is 10.9. The first kappa shape index (κ1) is 26.5. The molecule has 0 aliphatic carbocycles. The number of hydrogen-bond donors (Lipinski definition) is 2. The monoisotopic (exact) mass is 552 g/mol. The van der Waals surface area contributed by atoms with E-state index in [9.17, 15) is 14.7 Å². The van der Waals surface area contributed by atoms with Crippen molar-refractivity contribution in [3.8, 4) is 28.4 Å². The van der Waals surface area contributed by atoms with Crippen LogP contribution in [0.2, 0.25) is 0 Å². The van der Waals surface area contributed by atoms with Gasteiger partial charge >= 0.3 is 5.69 Å². The van der Waals surface area contributed by atoms with E-state index in [1.165, 1.54) is 10.6 Å². The van der Waals surface area contributed by atoms with Crippen LogP contribution in [0, 0.1) is 12.8 Å². The summed E-state index contributed by atoms with van der Waals surface area (Å²) >= 11 is 0. The van der Waals surface area contributed by atoms with Crippen LogP contribution in [0.4, 0.5) is 5.82 Å². The Kier molecular flexibility index (Phi) is 6.69. The van der Waals surface area contributed by atoms with Crippen molar-refractivity contribution >= 4 is 22.8 Å². The molecule has 1 saturated heterocycles. The number of rotatable bonds is 7. The largest absolute Gasteiger partial charge is 0.507 e. The average Bonchev–Trinajstić information content (AvgIpc) is 3.42. The summed E-state index contributed by atoms with van der Waals surface area (Å²) in [4.78, 5) is 41.7. The standard InChI is InChI=1S/C31H32N6O4/c1-5-23(39)36-15-19(16-36)14-33-29-24-28-21(11-13-41-28)26(20-8-6-7-9-22(20)38)34-30(24)37(31(40)35-29)27-18(4)10-12-32-25(27)17(2)3/h5-10,12,17,19,38H,1,11,13-16H2,2-4H3,(H,33,35,40). The molecule has 2 aliphatic heterocycles. The van der Waals surface area contributed by atoms with Crippen molar-refractivity contribution in [3.05, 3.63) is 76.5 Å². The Balaban J connectivity index is 1.58. The molecule has 1 amide bonds. The van der Waals surface area contributed by atoms with Gasteiger partial charge in [-0.1, -0.05) is 32.6 Å². The topological polar surface area (TPSA) is 122 Å². The maximum absolute atomic E-state index is 13.9. The summed E-state index contributed by atoms with van der Waals surface area (Å²) in [6.45, 7) is 11.7. The lowest BCUT2D eigenvalue weighted by atomic mass is 9.99. The van der Waals surface area contributed by atoms with Crippen LogP contribution in [0.15, 0.2) is 54.0 Å². The van der Waals surface area contributed by atoms with Crippen LogP contribution in [-0.4, -0.2) is 61.7 Å². The van der Waals surface area contributed by atoms with Crippen LogP contribution in [0.3, 0.4) is 0 Å². The number of phenolic OH excluding ortho intramolecular Hbond substituents is 1. The van der Waals surface area contributed by atoms with Crippen LogP contribution < -0.4 is 15.7 Å². The van der Waals surface area contributed by atoms with Gasteiger partial charge in [0.2, 0.25) is 5.91 Å². The molecule has 10 heteroatoms. The second kappa shape index (κ2) is 10.3. The lowest BCUT2D eigenvalue weighted by Crippen LogP contribution is -2.51. The number of nitrogens with zero attached hydrogens (tertiary/aromatic N) is 5. The fourth-order valence-electron chi connectivity index (χ4n) is 5.66. The number of fused-ring (bicyclic) bond motifs is 3. The highest BCUT2D eigenvalue weighted by molar-refractivity contribution is 5.98. The number of aromatic nitrogens is 4. The fourth-order valence-corrected chi connectivity index (χ4v) is 5.66. The normalized spacial score (nSPS) is 14.6. The summed E-state index contributed by atoms with van der Waals surface area (Å²) in [6, 6.07) is 8.91. The van der Waals surface area contributed by atoms with Gasteiger partial charge in [-0.25, -0.2) is 14.3 Å². The highest BCUT2D eigenvalue weighted by Gasteiger charge is 2.32. The molecule has 0 atom stereocenters. The lowest BCUT2D eigenvalue weighted by Gasteiger charge is -2.38. The SMILES string of the molecule is C=CC(=O)N1CC(CNc2nc(=O)n(-c3c(C)ccnc3C(C)C)c3nc(-c4ccccc4O)c4c(c23)OCC4)C1. The average molecular weight is 553 g/mol. The third-order valence-electron chi connectivity index (χ3n) is 7.76. The van der Waals surface area contributed by atoms with Gasteiger partial charge in [0.25, 0.3) is 0 Å². The van der Waals surface area contributed by atoms with E-state index in [1.807, 2.05) is 39.0 Å². The number of nitrogens with one attached hydrogen (secondary N) is 1. The molecule has 0 bridgehead atoms. The van der Waals surface area contributed by atoms with Gasteiger partial charge in [0, 0.05) is 49.3 Å². The van der Waals surface area contributed by atoms with Gasteiger partial charge < -0.3 is 20.1 Å². The number of phenols is 1. The molecule has 4 aromatic rings. The molecule has 1 fully saturated rings. The summed E-state index contributed by atoms with van der Waals surface area (Å²) in [5.74, 6) is 1.23. The Bertz CT molecular complexity index is 1760. The number of aryl methyl sites for hydroxylation is 1. The first-order valence-corrected chi connectivity index (χ1v) is 13.8. The number of carbonyl (C=O) groups is 1. The third kappa shape index (κ3) is 4.49. The van der Waals surface area contributed by atoms with Crippen LogP contribution >= 0.6 is 0 Å². The van der Waals surface area contributed by atoms with Gasteiger partial charge in [0.05, 0.1) is 23.7 Å². The number of hydrogen-bond acceptors (Lipinski definition) is 8. The maximum atomic E-state index is 13.9. The van der Waals surface area contributed by atoms with E-state index >= 15 is 0 Å². The quantitative estimate of drug-likeness (QED) is 0.330. The highest BCUT2D eigenvalue weighted by Crippen LogP contribution is 2.44. The number of para-hydroxylation sites is 1. The summed E-state index contributed by atoms with van der Waals surface area (Å²) in [7, 11) is 0. The predicted molar refractivity (Wildman–Crippen MR) is 157 cm³/mol. The van der Waals surface area contributed by atoms with Crippen molar-refractivity contribution in [1.29, 1.82) is 0 Å². The Morgan fingerprint density at radius 3 is 2.76 bits per heavy atom. The number of pyridine rings is 2. The molecule has 0 saturated carbocycles. The minimum Gasteiger partial charge on any atom is -0.507 e. The highest BCUT2D eigenvalue weighted by atomic mass is 16.5. The number of amides is 1. The van der Waals surface area contributed by atoms with Crippen molar-refractivity contribution in [1.82, 2.24) is 24.4 Å². The number of ether oxygens (including phenoxy) is 1. The van der Waals surface area contributed by atoms with Gasteiger partial charge in [-0.05, 0) is 42.7 Å². The second-order valence-corrected chi connectivity index (χ2v) is 10.9. The zero-order valence-corrected chi connectivity index (χ0v) is 23.3. The smallest absolute Gasteiger partial charge is 0.355 e. The lowest BCUT2D eigenvalue weighted by molar-refractivity contribution is -0.131. The zero-order valence-electron chi connectivity index (χ0n) is 23.3. The fraction of sp³-hybridized carbons (Fsp3) is 0.323. The molecule has 41 heavy (non-hydrogen) atoms. The summed E-state index contributed by atoms with van der Waals surface area (Å²) in [6.07, 6.45) is 3.66. The molecule has 0 unspecified atom stereocenters. The van der Waals surface area contributed by atoms with Crippen molar-refractivity contribution in [2.45, 2.75) is 33.1 Å². The molecular formula is C31H32N6O4. The van der Waals surface area contributed by atoms with E-state index in [0.717, 1.165) is 16.8 Å². The molecular weight excluding hydrogens is 520 g/mol. The van der Waals surface area contributed by atoms with E-state index in [-0.39, 0.29) is 23.5 Å². The van der Waals surface area contributed by atoms with Crippen LogP contribution in [-0.2, 0) is 11.2 Å². The molecule has 0 spiro atoms. The molecule has 1 aromatic carbocycles. The summed E-state index contributed by atoms with van der Waals surface area (Å²) in [5, 5.41) is 14.7. The number of aromatic hydroxyl groups is 1. The van der Waals surface area contributed by atoms with Gasteiger partial charge in [0.1, 0.15) is 22.7 Å². The molecule has 3 aromatic heterocycles. The Morgan fingerprint density at radius 2 is 2.02 bits per heavy atom. The van der Waals surface area contributed by atoms with Crippen molar-refractivity contribution < 1.29 is 14.6 Å². The van der Waals surface area contributed by atoms with Crippen molar-refractivity contribution in [3.63, 3.8) is 0 Å². The zero-order chi connectivity index (χ0) is 28.8. The molecule has 2 N–H and O–H groups in total. The molecule has 0 radical (unpaired) electrons. The number of anilines is 1. The van der Waals surface area contributed by atoms with Crippen molar-refractivity contribution in [2.24, 2.45) is 5.92 Å². The van der Waals surface area contributed by atoms with Gasteiger partial charge in [-0.15, -0.1) is 0 Å². The molecule has 2 aliphatic rings. The predicted octanol–water partition coefficient (Wildman–Crippen LogP) is 3.97. The van der Waals surface area contributed by atoms with Crippen LogP contribution in [0.25, 0.3) is 28.0 Å². The first-order chi connectivity index (χ1) is 19.8. The van der Waals surface area contributed by atoms with Crippen LogP contribution in [0.5, 0.6) is 11.5 Å². The van der Waals surface area contributed by atoms with E-state index in [2.05, 4.69) is 21.9 Å². The van der Waals surface area contributed by atoms with E-state index in [4.69, 9.17) is 9.72 Å². The Labute approximate surface area is 237 Å². The molecule has 210 valence electrons. The maximum Gasteiger partial charge on any atom is 0.355 e. The molecule has 10 nitrogen and oxygen atoms in total. The number of likely N-dealkylation sites (tertiary alicyclic amines) is 1.